The van der Waals surface area contributed by atoms with Crippen molar-refractivity contribution in [2.75, 3.05) is 29.8 Å². The highest BCUT2D eigenvalue weighted by atomic mass is 35.5. The molecule has 0 spiro atoms. The maximum Gasteiger partial charge on any atom is 0.315 e. The molecule has 0 bridgehead atoms. The SMILES string of the molecule is CS(=O)(=O)CCNc1nnc(CCCl)o1. The van der Waals surface area contributed by atoms with E-state index in [0.29, 0.717) is 18.2 Å². The Hall–Kier alpha value is -0.820. The zero-order valence-electron chi connectivity index (χ0n) is 8.23. The highest BCUT2D eigenvalue weighted by Gasteiger charge is 2.06. The summed E-state index contributed by atoms with van der Waals surface area (Å²) >= 11 is 5.48. The summed E-state index contributed by atoms with van der Waals surface area (Å²) in [4.78, 5) is 0. The average molecular weight is 254 g/mol. The first-order valence-corrected chi connectivity index (χ1v) is 6.91. The van der Waals surface area contributed by atoms with Gasteiger partial charge in [-0.25, -0.2) is 8.42 Å². The molecule has 0 aromatic carbocycles. The van der Waals surface area contributed by atoms with Gasteiger partial charge < -0.3 is 9.73 Å². The minimum atomic E-state index is -2.97. The number of sulfone groups is 1. The number of nitrogens with zero attached hydrogens (tertiary/aromatic N) is 2. The van der Waals surface area contributed by atoms with Gasteiger partial charge in [0.15, 0.2) is 0 Å². The normalized spacial score (nSPS) is 11.6. The van der Waals surface area contributed by atoms with Crippen LogP contribution in [0.4, 0.5) is 6.01 Å². The van der Waals surface area contributed by atoms with Crippen LogP contribution in [-0.2, 0) is 16.3 Å². The number of nitrogens with one attached hydrogen (secondary N) is 1. The quantitative estimate of drug-likeness (QED) is 0.735. The molecule has 1 rings (SSSR count). The molecule has 15 heavy (non-hydrogen) atoms. The van der Waals surface area contributed by atoms with Gasteiger partial charge in [-0.15, -0.1) is 16.7 Å². The second-order valence-corrected chi connectivity index (χ2v) is 5.63. The third-order valence-electron chi connectivity index (χ3n) is 1.52. The van der Waals surface area contributed by atoms with Gasteiger partial charge in [-0.05, 0) is 0 Å². The van der Waals surface area contributed by atoms with Crippen LogP contribution >= 0.6 is 11.6 Å². The van der Waals surface area contributed by atoms with Crippen LogP contribution in [0.1, 0.15) is 5.89 Å². The van der Waals surface area contributed by atoms with Crippen molar-refractivity contribution < 1.29 is 12.8 Å². The highest BCUT2D eigenvalue weighted by molar-refractivity contribution is 7.90. The molecule has 0 aliphatic carbocycles. The maximum atomic E-state index is 10.8. The lowest BCUT2D eigenvalue weighted by molar-refractivity contribution is 0.513. The Balaban J connectivity index is 2.38. The van der Waals surface area contributed by atoms with Crippen LogP contribution in [0.5, 0.6) is 0 Å². The topological polar surface area (TPSA) is 85.1 Å². The van der Waals surface area contributed by atoms with Crippen LogP contribution in [0.25, 0.3) is 0 Å². The van der Waals surface area contributed by atoms with Gasteiger partial charge in [-0.2, -0.15) is 0 Å². The van der Waals surface area contributed by atoms with E-state index in [0.717, 1.165) is 0 Å². The number of halogens is 1. The summed E-state index contributed by atoms with van der Waals surface area (Å²) in [6.45, 7) is 0.251. The van der Waals surface area contributed by atoms with E-state index >= 15 is 0 Å². The molecule has 6 nitrogen and oxygen atoms in total. The molecule has 0 saturated carbocycles. The first-order valence-electron chi connectivity index (χ1n) is 4.31. The van der Waals surface area contributed by atoms with Gasteiger partial charge in [0.05, 0.1) is 5.75 Å². The van der Waals surface area contributed by atoms with E-state index in [9.17, 15) is 8.42 Å². The van der Waals surface area contributed by atoms with Gasteiger partial charge in [0.2, 0.25) is 5.89 Å². The van der Waals surface area contributed by atoms with Gasteiger partial charge >= 0.3 is 6.01 Å². The lowest BCUT2D eigenvalue weighted by Gasteiger charge is -1.98. The molecule has 86 valence electrons. The molecular formula is C7H12ClN3O3S. The fourth-order valence-electron chi connectivity index (χ4n) is 0.850. The number of alkyl halides is 1. The van der Waals surface area contributed by atoms with Crippen molar-refractivity contribution in [3.05, 3.63) is 5.89 Å². The summed E-state index contributed by atoms with van der Waals surface area (Å²) in [6.07, 6.45) is 1.67. The number of hydrogen-bond donors (Lipinski definition) is 1. The molecule has 0 fully saturated rings. The van der Waals surface area contributed by atoms with Crippen molar-refractivity contribution in [3.8, 4) is 0 Å². The fourth-order valence-corrected chi connectivity index (χ4v) is 1.48. The van der Waals surface area contributed by atoms with Crippen molar-refractivity contribution in [2.45, 2.75) is 6.42 Å². The van der Waals surface area contributed by atoms with Crippen molar-refractivity contribution >= 4 is 27.5 Å². The Labute approximate surface area is 92.9 Å². The molecule has 0 aliphatic heterocycles. The molecule has 0 atom stereocenters. The van der Waals surface area contributed by atoms with E-state index in [4.69, 9.17) is 16.0 Å². The lowest BCUT2D eigenvalue weighted by Crippen LogP contribution is -2.14. The van der Waals surface area contributed by atoms with Gasteiger partial charge in [0.1, 0.15) is 9.84 Å². The van der Waals surface area contributed by atoms with Crippen molar-refractivity contribution in [1.82, 2.24) is 10.2 Å². The van der Waals surface area contributed by atoms with Gasteiger partial charge in [0, 0.05) is 25.1 Å². The van der Waals surface area contributed by atoms with E-state index < -0.39 is 9.84 Å². The van der Waals surface area contributed by atoms with Crippen LogP contribution in [-0.4, -0.2) is 43.0 Å². The van der Waals surface area contributed by atoms with Gasteiger partial charge in [-0.1, -0.05) is 5.10 Å². The first-order chi connectivity index (χ1) is 7.01. The van der Waals surface area contributed by atoms with Gasteiger partial charge in [-0.3, -0.25) is 0 Å². The number of aromatic nitrogens is 2. The summed E-state index contributed by atoms with van der Waals surface area (Å²) in [5, 5.41) is 10.1. The maximum absolute atomic E-state index is 10.8. The molecule has 0 aliphatic rings. The Bertz CT molecular complexity index is 403. The Morgan fingerprint density at radius 2 is 2.20 bits per heavy atom. The van der Waals surface area contributed by atoms with E-state index in [2.05, 4.69) is 15.5 Å². The summed E-state index contributed by atoms with van der Waals surface area (Å²) in [6, 6.07) is 0.221. The monoisotopic (exact) mass is 253 g/mol. The van der Waals surface area contributed by atoms with E-state index in [1.54, 1.807) is 0 Å². The largest absolute Gasteiger partial charge is 0.408 e. The molecule has 0 radical (unpaired) electrons. The van der Waals surface area contributed by atoms with Crippen LogP contribution < -0.4 is 5.32 Å². The third kappa shape index (κ3) is 4.98. The highest BCUT2D eigenvalue weighted by Crippen LogP contribution is 2.05. The summed E-state index contributed by atoms with van der Waals surface area (Å²) in [7, 11) is -2.97. The fraction of sp³-hybridized carbons (Fsp3) is 0.714. The lowest BCUT2D eigenvalue weighted by atomic mass is 10.5. The van der Waals surface area contributed by atoms with Crippen molar-refractivity contribution in [3.63, 3.8) is 0 Å². The Morgan fingerprint density at radius 3 is 2.80 bits per heavy atom. The summed E-state index contributed by atoms with van der Waals surface area (Å²) in [5.41, 5.74) is 0. The van der Waals surface area contributed by atoms with E-state index in [1.165, 1.54) is 6.26 Å². The molecule has 1 aromatic rings. The van der Waals surface area contributed by atoms with Crippen LogP contribution in [0, 0.1) is 0 Å². The average Bonchev–Trinajstić information content (AvgIpc) is 2.51. The van der Waals surface area contributed by atoms with Gasteiger partial charge in [0.25, 0.3) is 0 Å². The smallest absolute Gasteiger partial charge is 0.315 e. The predicted octanol–water partition coefficient (Wildman–Crippen LogP) is 0.307. The third-order valence-corrected chi connectivity index (χ3v) is 2.66. The van der Waals surface area contributed by atoms with Crippen molar-refractivity contribution in [1.29, 1.82) is 0 Å². The molecule has 0 amide bonds. The Kier molecular flexibility index (Phi) is 4.34. The molecular weight excluding hydrogens is 242 g/mol. The predicted molar refractivity (Wildman–Crippen MR) is 56.9 cm³/mol. The minimum absolute atomic E-state index is 0.0280. The number of hydrogen-bond acceptors (Lipinski definition) is 6. The minimum Gasteiger partial charge on any atom is -0.408 e. The zero-order chi connectivity index (χ0) is 11.3. The summed E-state index contributed by atoms with van der Waals surface area (Å²) in [5.74, 6) is 0.873. The summed E-state index contributed by atoms with van der Waals surface area (Å²) < 4.78 is 26.7. The molecule has 0 unspecified atom stereocenters. The van der Waals surface area contributed by atoms with Crippen molar-refractivity contribution in [2.24, 2.45) is 0 Å². The van der Waals surface area contributed by atoms with E-state index in [1.807, 2.05) is 0 Å². The van der Waals surface area contributed by atoms with E-state index in [-0.39, 0.29) is 18.3 Å². The number of anilines is 1. The van der Waals surface area contributed by atoms with Crippen LogP contribution in [0.2, 0.25) is 0 Å². The van der Waals surface area contributed by atoms with Crippen LogP contribution in [0.3, 0.4) is 0 Å². The number of aryl methyl sites for hydroxylation is 1. The molecule has 0 saturated heterocycles. The number of rotatable bonds is 6. The second-order valence-electron chi connectivity index (χ2n) is 3.00. The second kappa shape index (κ2) is 5.32. The Morgan fingerprint density at radius 1 is 1.47 bits per heavy atom. The standard InChI is InChI=1S/C7H12ClN3O3S/c1-15(12,13)5-4-9-7-11-10-6(14-7)2-3-8/h2-5H2,1H3,(H,9,11). The molecule has 1 heterocycles. The molecule has 8 heteroatoms. The van der Waals surface area contributed by atoms with Crippen LogP contribution in [0.15, 0.2) is 4.42 Å². The zero-order valence-corrected chi connectivity index (χ0v) is 9.81. The first kappa shape index (κ1) is 12.3. The molecule has 1 N–H and O–H groups in total. The molecule has 1 aromatic heterocycles.